The molecule has 2 N–H and O–H groups in total. The molecule has 7 heteroatoms. The molecule has 0 atom stereocenters. The summed E-state index contributed by atoms with van der Waals surface area (Å²) in [5.41, 5.74) is 4.75. The minimum Gasteiger partial charge on any atom is -0.349 e. The van der Waals surface area contributed by atoms with Crippen LogP contribution in [0.1, 0.15) is 44.8 Å². The monoisotopic (exact) mass is 426 g/mol. The molecular weight excluding hydrogens is 404 g/mol. The first-order valence-corrected chi connectivity index (χ1v) is 10.5. The third-order valence-electron chi connectivity index (χ3n) is 5.54. The molecule has 0 saturated heterocycles. The average Bonchev–Trinajstić information content (AvgIpc) is 3.53. The Morgan fingerprint density at radius 3 is 2.47 bits per heavy atom. The topological polar surface area (TPSA) is 97.1 Å². The van der Waals surface area contributed by atoms with Crippen LogP contribution < -0.4 is 10.6 Å². The second-order valence-corrected chi connectivity index (χ2v) is 8.12. The summed E-state index contributed by atoms with van der Waals surface area (Å²) in [5, 5.41) is 10.4. The van der Waals surface area contributed by atoms with Gasteiger partial charge in [0.15, 0.2) is 0 Å². The Labute approximate surface area is 184 Å². The number of aryl methyl sites for hydroxylation is 2. The summed E-state index contributed by atoms with van der Waals surface area (Å²) in [6.07, 6.45) is 1.98. The largest absolute Gasteiger partial charge is 0.349 e. The van der Waals surface area contributed by atoms with Gasteiger partial charge in [-0.1, -0.05) is 47.1 Å². The first-order valence-electron chi connectivity index (χ1n) is 10.5. The summed E-state index contributed by atoms with van der Waals surface area (Å²) in [7, 11) is 0. The van der Waals surface area contributed by atoms with Gasteiger partial charge in [0, 0.05) is 11.6 Å². The molecule has 1 aliphatic rings. The number of hydrogen-bond acceptors (Lipinski definition) is 5. The van der Waals surface area contributed by atoms with E-state index in [9.17, 15) is 9.59 Å². The number of anilines is 1. The molecule has 0 unspecified atom stereocenters. The number of hydrogen-bond donors (Lipinski definition) is 2. The van der Waals surface area contributed by atoms with Crippen molar-refractivity contribution in [2.45, 2.75) is 32.7 Å². The third kappa shape index (κ3) is 3.85. The number of para-hydroxylation sites is 1. The summed E-state index contributed by atoms with van der Waals surface area (Å²) < 4.78 is 5.38. The Hall–Kier alpha value is -4.00. The molecule has 4 aromatic rings. The normalized spacial score (nSPS) is 13.2. The van der Waals surface area contributed by atoms with E-state index >= 15 is 0 Å². The van der Waals surface area contributed by atoms with Gasteiger partial charge in [-0.3, -0.25) is 9.59 Å². The maximum absolute atomic E-state index is 13.4. The van der Waals surface area contributed by atoms with Crippen molar-refractivity contribution in [3.63, 3.8) is 0 Å². The van der Waals surface area contributed by atoms with E-state index < -0.39 is 0 Å². The number of aromatic nitrogens is 2. The van der Waals surface area contributed by atoms with Crippen molar-refractivity contribution in [3.05, 3.63) is 77.0 Å². The number of pyridine rings is 1. The number of rotatable bonds is 5. The number of nitrogens with zero attached hydrogens (tertiary/aromatic N) is 2. The zero-order valence-corrected chi connectivity index (χ0v) is 17.8. The highest BCUT2D eigenvalue weighted by Crippen LogP contribution is 2.28. The molecule has 0 spiro atoms. The van der Waals surface area contributed by atoms with Crippen molar-refractivity contribution < 1.29 is 14.1 Å². The fraction of sp³-hybridized carbons (Fsp3) is 0.200. The van der Waals surface area contributed by atoms with E-state index in [1.54, 1.807) is 37.3 Å². The second kappa shape index (κ2) is 7.92. The van der Waals surface area contributed by atoms with Crippen molar-refractivity contribution in [1.82, 2.24) is 15.5 Å². The Balaban J connectivity index is 1.53. The van der Waals surface area contributed by atoms with Crippen molar-refractivity contribution in [1.29, 1.82) is 0 Å². The molecule has 2 aromatic heterocycles. The van der Waals surface area contributed by atoms with E-state index in [-0.39, 0.29) is 17.9 Å². The SMILES string of the molecule is Cc1ccc(-c2cc(C(=O)Nc3ccccc3C(=O)NC3CC3)c3c(C)noc3n2)cc1. The van der Waals surface area contributed by atoms with Crippen LogP contribution in [0.3, 0.4) is 0 Å². The van der Waals surface area contributed by atoms with Crippen LogP contribution in [0.2, 0.25) is 0 Å². The van der Waals surface area contributed by atoms with Crippen LogP contribution in [0, 0.1) is 13.8 Å². The van der Waals surface area contributed by atoms with Gasteiger partial charge in [0.1, 0.15) is 0 Å². The summed E-state index contributed by atoms with van der Waals surface area (Å²) in [4.78, 5) is 30.6. The highest BCUT2D eigenvalue weighted by atomic mass is 16.5. The lowest BCUT2D eigenvalue weighted by Gasteiger charge is -2.12. The predicted molar refractivity (Wildman–Crippen MR) is 122 cm³/mol. The van der Waals surface area contributed by atoms with Gasteiger partial charge in [0.25, 0.3) is 17.5 Å². The van der Waals surface area contributed by atoms with Gasteiger partial charge < -0.3 is 15.2 Å². The Kier molecular flexibility index (Phi) is 4.93. The maximum Gasteiger partial charge on any atom is 0.259 e. The van der Waals surface area contributed by atoms with Gasteiger partial charge in [0.2, 0.25) is 0 Å². The Morgan fingerprint density at radius 2 is 1.72 bits per heavy atom. The molecule has 5 rings (SSSR count). The second-order valence-electron chi connectivity index (χ2n) is 8.12. The van der Waals surface area contributed by atoms with Crippen LogP contribution in [0.4, 0.5) is 5.69 Å². The van der Waals surface area contributed by atoms with Gasteiger partial charge in [-0.2, -0.15) is 0 Å². The zero-order valence-electron chi connectivity index (χ0n) is 17.8. The highest BCUT2D eigenvalue weighted by Gasteiger charge is 2.26. The van der Waals surface area contributed by atoms with E-state index in [1.807, 2.05) is 31.2 Å². The van der Waals surface area contributed by atoms with Crippen LogP contribution >= 0.6 is 0 Å². The molecule has 0 aliphatic heterocycles. The standard InChI is InChI=1S/C25H22N4O3/c1-14-7-9-16(10-8-14)21-13-19(22-15(2)29-32-25(22)28-21)24(31)27-20-6-4-3-5-18(20)23(30)26-17-11-12-17/h3-10,13,17H,11-12H2,1-2H3,(H,26,30)(H,27,31). The van der Waals surface area contributed by atoms with Crippen LogP contribution in [0.15, 0.2) is 59.1 Å². The molecule has 1 aliphatic carbocycles. The van der Waals surface area contributed by atoms with Crippen molar-refractivity contribution in [2.24, 2.45) is 0 Å². The average molecular weight is 426 g/mol. The first kappa shape index (κ1) is 19.9. The zero-order chi connectivity index (χ0) is 22.2. The van der Waals surface area contributed by atoms with Gasteiger partial charge >= 0.3 is 0 Å². The number of carbonyl (C=O) groups is 2. The summed E-state index contributed by atoms with van der Waals surface area (Å²) >= 11 is 0. The number of amides is 2. The van der Waals surface area contributed by atoms with E-state index in [2.05, 4.69) is 20.8 Å². The predicted octanol–water partition coefficient (Wildman–Crippen LogP) is 4.65. The molecule has 2 aromatic carbocycles. The van der Waals surface area contributed by atoms with E-state index in [0.29, 0.717) is 39.3 Å². The quantitative estimate of drug-likeness (QED) is 0.484. The molecule has 7 nitrogen and oxygen atoms in total. The van der Waals surface area contributed by atoms with Gasteiger partial charge in [-0.25, -0.2) is 4.98 Å². The molecule has 1 saturated carbocycles. The molecule has 0 radical (unpaired) electrons. The minimum atomic E-state index is -0.358. The Morgan fingerprint density at radius 1 is 0.969 bits per heavy atom. The number of benzene rings is 2. The highest BCUT2D eigenvalue weighted by molar-refractivity contribution is 6.15. The molecule has 1 fully saturated rings. The fourth-order valence-electron chi connectivity index (χ4n) is 3.62. The smallest absolute Gasteiger partial charge is 0.259 e. The number of carbonyl (C=O) groups excluding carboxylic acids is 2. The number of nitrogens with one attached hydrogen (secondary N) is 2. The van der Waals surface area contributed by atoms with Crippen LogP contribution in [-0.4, -0.2) is 28.0 Å². The van der Waals surface area contributed by atoms with Crippen molar-refractivity contribution >= 4 is 28.6 Å². The molecular formula is C25H22N4O3. The van der Waals surface area contributed by atoms with Crippen LogP contribution in [0.25, 0.3) is 22.4 Å². The molecule has 160 valence electrons. The molecule has 32 heavy (non-hydrogen) atoms. The molecule has 2 heterocycles. The van der Waals surface area contributed by atoms with Gasteiger partial charge in [-0.15, -0.1) is 0 Å². The molecule has 0 bridgehead atoms. The number of fused-ring (bicyclic) bond motifs is 1. The third-order valence-corrected chi connectivity index (χ3v) is 5.54. The maximum atomic E-state index is 13.4. The lowest BCUT2D eigenvalue weighted by Crippen LogP contribution is -2.27. The van der Waals surface area contributed by atoms with Crippen LogP contribution in [0.5, 0.6) is 0 Å². The van der Waals surface area contributed by atoms with Crippen LogP contribution in [-0.2, 0) is 0 Å². The summed E-state index contributed by atoms with van der Waals surface area (Å²) in [5.74, 6) is -0.548. The van der Waals surface area contributed by atoms with E-state index in [0.717, 1.165) is 24.0 Å². The lowest BCUT2D eigenvalue weighted by atomic mass is 10.0. The minimum absolute atomic E-state index is 0.190. The van der Waals surface area contributed by atoms with Gasteiger partial charge in [0.05, 0.1) is 33.6 Å². The first-order chi connectivity index (χ1) is 15.5. The summed E-state index contributed by atoms with van der Waals surface area (Å²) in [6.45, 7) is 3.78. The fourth-order valence-corrected chi connectivity index (χ4v) is 3.62. The molecule has 2 amide bonds. The van der Waals surface area contributed by atoms with E-state index in [4.69, 9.17) is 4.52 Å². The lowest BCUT2D eigenvalue weighted by molar-refractivity contribution is 0.0952. The summed E-state index contributed by atoms with van der Waals surface area (Å²) in [6, 6.07) is 16.8. The van der Waals surface area contributed by atoms with Crippen molar-refractivity contribution in [2.75, 3.05) is 5.32 Å². The Bertz CT molecular complexity index is 1340. The van der Waals surface area contributed by atoms with E-state index in [1.165, 1.54) is 0 Å². The van der Waals surface area contributed by atoms with Crippen molar-refractivity contribution in [3.8, 4) is 11.3 Å². The van der Waals surface area contributed by atoms with Gasteiger partial charge in [-0.05, 0) is 44.9 Å².